The molecule has 0 amide bonds. The third kappa shape index (κ3) is 3.02. The Balaban J connectivity index is 2.44. The predicted octanol–water partition coefficient (Wildman–Crippen LogP) is 2.27. The van der Waals surface area contributed by atoms with Crippen LogP contribution >= 0.6 is 0 Å². The van der Waals surface area contributed by atoms with E-state index in [9.17, 15) is 4.79 Å². The summed E-state index contributed by atoms with van der Waals surface area (Å²) in [7, 11) is 1.37. The second-order valence-corrected chi connectivity index (χ2v) is 3.91. The lowest BCUT2D eigenvalue weighted by atomic mass is 9.79. The first-order valence-electron chi connectivity index (χ1n) is 5.24. The van der Waals surface area contributed by atoms with E-state index >= 15 is 0 Å². The zero-order chi connectivity index (χ0) is 10.4. The Hall–Kier alpha value is -1.04. The molecule has 1 aliphatic carbocycles. The van der Waals surface area contributed by atoms with Gasteiger partial charge in [-0.25, -0.2) is 0 Å². The van der Waals surface area contributed by atoms with E-state index < -0.39 is 0 Å². The molecule has 0 radical (unpaired) electrons. The number of ether oxygens (including phenoxy) is 1. The third-order valence-electron chi connectivity index (χ3n) is 3.00. The van der Waals surface area contributed by atoms with Crippen molar-refractivity contribution in [2.24, 2.45) is 11.8 Å². The monoisotopic (exact) mass is 195 g/mol. The summed E-state index contributed by atoms with van der Waals surface area (Å²) in [4.78, 5) is 11.1. The summed E-state index contributed by atoms with van der Waals surface area (Å²) >= 11 is 0. The average molecular weight is 195 g/mol. The van der Waals surface area contributed by atoms with E-state index in [1.807, 2.05) is 0 Å². The van der Waals surface area contributed by atoms with Crippen LogP contribution in [-0.2, 0) is 9.53 Å². The largest absolute Gasteiger partial charge is 0.469 e. The van der Waals surface area contributed by atoms with E-state index in [1.54, 1.807) is 0 Å². The van der Waals surface area contributed by atoms with Gasteiger partial charge in [0.2, 0.25) is 0 Å². The van der Waals surface area contributed by atoms with Gasteiger partial charge in [0.1, 0.15) is 0 Å². The molecule has 0 aromatic rings. The molecular formula is C11H17NO2. The fraction of sp³-hybridized carbons (Fsp3) is 0.818. The maximum atomic E-state index is 11.1. The lowest BCUT2D eigenvalue weighted by Gasteiger charge is -2.24. The van der Waals surface area contributed by atoms with Gasteiger partial charge in [0.05, 0.1) is 25.5 Å². The van der Waals surface area contributed by atoms with Gasteiger partial charge < -0.3 is 4.74 Å². The number of nitrogens with zero attached hydrogens (tertiary/aromatic N) is 1. The quantitative estimate of drug-likeness (QED) is 0.649. The zero-order valence-corrected chi connectivity index (χ0v) is 8.66. The molecule has 1 fully saturated rings. The number of hydrogen-bond acceptors (Lipinski definition) is 3. The highest BCUT2D eigenvalue weighted by Crippen LogP contribution is 2.31. The summed E-state index contributed by atoms with van der Waals surface area (Å²) in [5.74, 6) is 0.0118. The zero-order valence-electron chi connectivity index (χ0n) is 8.66. The summed E-state index contributed by atoms with van der Waals surface area (Å²) in [6.45, 7) is 0. The Morgan fingerprint density at radius 2 is 2.14 bits per heavy atom. The van der Waals surface area contributed by atoms with Gasteiger partial charge in [0.15, 0.2) is 0 Å². The molecule has 1 saturated carbocycles. The van der Waals surface area contributed by atoms with Gasteiger partial charge in [0, 0.05) is 0 Å². The molecule has 1 unspecified atom stereocenters. The molecule has 0 saturated heterocycles. The molecule has 1 atom stereocenters. The minimum atomic E-state index is -0.262. The molecule has 1 rings (SSSR count). The van der Waals surface area contributed by atoms with Crippen LogP contribution in [0.3, 0.4) is 0 Å². The van der Waals surface area contributed by atoms with Gasteiger partial charge >= 0.3 is 5.97 Å². The Labute approximate surface area is 85.1 Å². The van der Waals surface area contributed by atoms with Gasteiger partial charge in [-0.3, -0.25) is 4.79 Å². The smallest absolute Gasteiger partial charge is 0.306 e. The highest BCUT2D eigenvalue weighted by molar-refractivity contribution is 5.69. The summed E-state index contributed by atoms with van der Waals surface area (Å²) in [5, 5.41) is 8.96. The topological polar surface area (TPSA) is 50.1 Å². The summed E-state index contributed by atoms with van der Waals surface area (Å²) in [6.07, 6.45) is 6.11. The fourth-order valence-electron chi connectivity index (χ4n) is 2.12. The van der Waals surface area contributed by atoms with Crippen molar-refractivity contribution in [1.82, 2.24) is 0 Å². The van der Waals surface area contributed by atoms with Crippen LogP contribution in [0.2, 0.25) is 0 Å². The van der Waals surface area contributed by atoms with Crippen LogP contribution in [0.4, 0.5) is 0 Å². The van der Waals surface area contributed by atoms with Crippen molar-refractivity contribution in [3.05, 3.63) is 0 Å². The average Bonchev–Trinajstić information content (AvgIpc) is 2.26. The number of esters is 1. The van der Waals surface area contributed by atoms with Gasteiger partial charge in [-0.05, 0) is 18.8 Å². The normalized spacial score (nSPS) is 19.7. The van der Waals surface area contributed by atoms with E-state index in [-0.39, 0.29) is 18.3 Å². The molecule has 0 aromatic carbocycles. The van der Waals surface area contributed by atoms with Crippen molar-refractivity contribution in [2.75, 3.05) is 7.11 Å². The number of nitriles is 1. The molecule has 78 valence electrons. The maximum absolute atomic E-state index is 11.1. The molecule has 1 aliphatic rings. The minimum Gasteiger partial charge on any atom is -0.469 e. The lowest BCUT2D eigenvalue weighted by molar-refractivity contribution is -0.141. The van der Waals surface area contributed by atoms with E-state index in [2.05, 4.69) is 10.8 Å². The number of rotatable bonds is 3. The van der Waals surface area contributed by atoms with Crippen LogP contribution in [0.15, 0.2) is 0 Å². The first kappa shape index (κ1) is 11.0. The SMILES string of the molecule is COC(=O)CC(C#N)C1CCCCC1. The van der Waals surface area contributed by atoms with Gasteiger partial charge in [-0.1, -0.05) is 19.3 Å². The number of methoxy groups -OCH3 is 1. The molecule has 0 bridgehead atoms. The Bertz CT molecular complexity index is 226. The van der Waals surface area contributed by atoms with E-state index in [0.717, 1.165) is 12.8 Å². The summed E-state index contributed by atoms with van der Waals surface area (Å²) < 4.78 is 4.58. The van der Waals surface area contributed by atoms with Crippen molar-refractivity contribution >= 4 is 5.97 Å². The van der Waals surface area contributed by atoms with Gasteiger partial charge in [-0.15, -0.1) is 0 Å². The summed E-state index contributed by atoms with van der Waals surface area (Å²) in [6, 6.07) is 2.24. The Morgan fingerprint density at radius 1 is 1.50 bits per heavy atom. The number of hydrogen-bond donors (Lipinski definition) is 0. The third-order valence-corrected chi connectivity index (χ3v) is 3.00. The molecule has 0 spiro atoms. The summed E-state index contributed by atoms with van der Waals surface area (Å²) in [5.41, 5.74) is 0. The molecule has 0 aromatic heterocycles. The second-order valence-electron chi connectivity index (χ2n) is 3.91. The van der Waals surface area contributed by atoms with Crippen LogP contribution in [0, 0.1) is 23.2 Å². The molecule has 0 N–H and O–H groups in total. The van der Waals surface area contributed by atoms with Crippen molar-refractivity contribution in [1.29, 1.82) is 5.26 Å². The second kappa shape index (κ2) is 5.64. The van der Waals surface area contributed by atoms with E-state index in [0.29, 0.717) is 5.92 Å². The number of carbonyl (C=O) groups is 1. The number of carbonyl (C=O) groups excluding carboxylic acids is 1. The van der Waals surface area contributed by atoms with Crippen LogP contribution in [-0.4, -0.2) is 13.1 Å². The van der Waals surface area contributed by atoms with Crippen LogP contribution in [0.1, 0.15) is 38.5 Å². The van der Waals surface area contributed by atoms with Crippen molar-refractivity contribution in [3.63, 3.8) is 0 Å². The first-order chi connectivity index (χ1) is 6.77. The molecule has 3 nitrogen and oxygen atoms in total. The van der Waals surface area contributed by atoms with Crippen LogP contribution in [0.5, 0.6) is 0 Å². The van der Waals surface area contributed by atoms with Gasteiger partial charge in [0.25, 0.3) is 0 Å². The van der Waals surface area contributed by atoms with Gasteiger partial charge in [-0.2, -0.15) is 5.26 Å². The van der Waals surface area contributed by atoms with E-state index in [4.69, 9.17) is 5.26 Å². The molecular weight excluding hydrogens is 178 g/mol. The highest BCUT2D eigenvalue weighted by Gasteiger charge is 2.25. The lowest BCUT2D eigenvalue weighted by Crippen LogP contribution is -2.20. The Morgan fingerprint density at radius 3 is 2.64 bits per heavy atom. The molecule has 14 heavy (non-hydrogen) atoms. The standard InChI is InChI=1S/C11H17NO2/c1-14-11(13)7-10(8-12)9-5-3-2-4-6-9/h9-10H,2-7H2,1H3. The van der Waals surface area contributed by atoms with Crippen molar-refractivity contribution in [3.8, 4) is 6.07 Å². The maximum Gasteiger partial charge on any atom is 0.306 e. The highest BCUT2D eigenvalue weighted by atomic mass is 16.5. The van der Waals surface area contributed by atoms with Crippen LogP contribution < -0.4 is 0 Å². The molecule has 0 heterocycles. The van der Waals surface area contributed by atoms with Crippen LogP contribution in [0.25, 0.3) is 0 Å². The van der Waals surface area contributed by atoms with Crippen molar-refractivity contribution in [2.45, 2.75) is 38.5 Å². The Kier molecular flexibility index (Phi) is 4.45. The molecule has 3 heteroatoms. The first-order valence-corrected chi connectivity index (χ1v) is 5.24. The minimum absolute atomic E-state index is 0.136. The van der Waals surface area contributed by atoms with E-state index in [1.165, 1.54) is 26.4 Å². The predicted molar refractivity (Wildman–Crippen MR) is 52.3 cm³/mol. The molecule has 0 aliphatic heterocycles. The van der Waals surface area contributed by atoms with Crippen molar-refractivity contribution < 1.29 is 9.53 Å². The fourth-order valence-corrected chi connectivity index (χ4v) is 2.12.